The van der Waals surface area contributed by atoms with Gasteiger partial charge < -0.3 is 10.2 Å². The predicted molar refractivity (Wildman–Crippen MR) is 76.8 cm³/mol. The second-order valence-electron chi connectivity index (χ2n) is 4.96. The van der Waals surface area contributed by atoms with Crippen LogP contribution in [0.3, 0.4) is 0 Å². The van der Waals surface area contributed by atoms with Crippen LogP contribution < -0.4 is 5.32 Å². The Morgan fingerprint density at radius 3 is 2.14 bits per heavy atom. The molecule has 0 bridgehead atoms. The van der Waals surface area contributed by atoms with Crippen LogP contribution in [0.1, 0.15) is 25.7 Å². The molecule has 112 valence electrons. The van der Waals surface area contributed by atoms with E-state index in [2.05, 4.69) is 5.32 Å². The number of rotatable bonds is 2. The molecule has 21 heavy (non-hydrogen) atoms. The lowest BCUT2D eigenvalue weighted by molar-refractivity contribution is -0.384. The maximum absolute atomic E-state index is 12.0. The third-order valence-corrected chi connectivity index (χ3v) is 3.42. The van der Waals surface area contributed by atoms with E-state index in [1.165, 1.54) is 24.3 Å². The zero-order chi connectivity index (χ0) is 15.2. The first-order valence-electron chi connectivity index (χ1n) is 6.92. The molecule has 1 aromatic carbocycles. The van der Waals surface area contributed by atoms with Gasteiger partial charge in [-0.25, -0.2) is 0 Å². The van der Waals surface area contributed by atoms with Crippen LogP contribution >= 0.6 is 0 Å². The highest BCUT2D eigenvalue weighted by Crippen LogP contribution is 2.16. The first-order chi connectivity index (χ1) is 10.1. The van der Waals surface area contributed by atoms with E-state index in [1.54, 1.807) is 4.90 Å². The number of non-ortho nitro benzene ring substituents is 1. The summed E-state index contributed by atoms with van der Waals surface area (Å²) in [6.45, 7) is 1.21. The van der Waals surface area contributed by atoms with E-state index >= 15 is 0 Å². The Morgan fingerprint density at radius 1 is 1.05 bits per heavy atom. The van der Waals surface area contributed by atoms with Gasteiger partial charge in [-0.3, -0.25) is 19.7 Å². The van der Waals surface area contributed by atoms with E-state index in [-0.39, 0.29) is 5.69 Å². The summed E-state index contributed by atoms with van der Waals surface area (Å²) in [5.41, 5.74) is 0.306. The predicted octanol–water partition coefficient (Wildman–Crippen LogP) is 1.94. The van der Waals surface area contributed by atoms with Crippen molar-refractivity contribution in [2.45, 2.75) is 25.7 Å². The van der Waals surface area contributed by atoms with Crippen LogP contribution in [-0.2, 0) is 9.59 Å². The molecule has 0 atom stereocenters. The van der Waals surface area contributed by atoms with Gasteiger partial charge in [-0.1, -0.05) is 12.8 Å². The summed E-state index contributed by atoms with van der Waals surface area (Å²) in [7, 11) is 0. The van der Waals surface area contributed by atoms with Gasteiger partial charge >= 0.3 is 11.8 Å². The van der Waals surface area contributed by atoms with E-state index in [4.69, 9.17) is 0 Å². The summed E-state index contributed by atoms with van der Waals surface area (Å²) >= 11 is 0. The van der Waals surface area contributed by atoms with Crippen molar-refractivity contribution in [1.29, 1.82) is 0 Å². The molecule has 0 aromatic heterocycles. The van der Waals surface area contributed by atoms with Crippen molar-refractivity contribution in [1.82, 2.24) is 4.90 Å². The molecule has 0 unspecified atom stereocenters. The number of nitrogens with zero attached hydrogens (tertiary/aromatic N) is 2. The number of hydrogen-bond acceptors (Lipinski definition) is 4. The van der Waals surface area contributed by atoms with Crippen molar-refractivity contribution in [2.75, 3.05) is 18.4 Å². The summed E-state index contributed by atoms with van der Waals surface area (Å²) in [6.07, 6.45) is 3.98. The van der Waals surface area contributed by atoms with Gasteiger partial charge in [0.25, 0.3) is 5.69 Å². The summed E-state index contributed by atoms with van der Waals surface area (Å²) < 4.78 is 0. The summed E-state index contributed by atoms with van der Waals surface area (Å²) in [5, 5.41) is 13.0. The van der Waals surface area contributed by atoms with Crippen molar-refractivity contribution < 1.29 is 14.5 Å². The molecule has 1 aliphatic rings. The normalized spacial score (nSPS) is 15.1. The van der Waals surface area contributed by atoms with Crippen LogP contribution in [0.5, 0.6) is 0 Å². The lowest BCUT2D eigenvalue weighted by atomic mass is 10.2. The van der Waals surface area contributed by atoms with E-state index in [9.17, 15) is 19.7 Å². The van der Waals surface area contributed by atoms with Gasteiger partial charge in [-0.15, -0.1) is 0 Å². The number of nitro benzene ring substituents is 1. The molecule has 2 amide bonds. The van der Waals surface area contributed by atoms with Gasteiger partial charge in [-0.05, 0) is 25.0 Å². The Balaban J connectivity index is 1.96. The summed E-state index contributed by atoms with van der Waals surface area (Å²) in [4.78, 5) is 35.5. The summed E-state index contributed by atoms with van der Waals surface area (Å²) in [6, 6.07) is 5.38. The number of carbonyl (C=O) groups is 2. The number of carbonyl (C=O) groups excluding carboxylic acids is 2. The molecule has 1 aromatic rings. The van der Waals surface area contributed by atoms with Crippen molar-refractivity contribution >= 4 is 23.2 Å². The fraction of sp³-hybridized carbons (Fsp3) is 0.429. The molecule has 0 spiro atoms. The standard InChI is InChI=1S/C14H17N3O4/c18-13(14(19)16-9-3-1-2-4-10-16)15-11-5-7-12(8-6-11)17(20)21/h5-8H,1-4,9-10H2,(H,15,18). The number of anilines is 1. The van der Waals surface area contributed by atoms with Crippen molar-refractivity contribution in [2.24, 2.45) is 0 Å². The van der Waals surface area contributed by atoms with Crippen molar-refractivity contribution in [3.8, 4) is 0 Å². The van der Waals surface area contributed by atoms with Crippen LogP contribution in [0.25, 0.3) is 0 Å². The molecular weight excluding hydrogens is 274 g/mol. The Kier molecular flexibility index (Phi) is 4.86. The highest BCUT2D eigenvalue weighted by Gasteiger charge is 2.22. The van der Waals surface area contributed by atoms with Gasteiger partial charge in [0.1, 0.15) is 0 Å². The largest absolute Gasteiger partial charge is 0.334 e. The van der Waals surface area contributed by atoms with Crippen LogP contribution in [-0.4, -0.2) is 34.7 Å². The smallest absolute Gasteiger partial charge is 0.313 e. The number of nitro groups is 1. The molecule has 0 aliphatic carbocycles. The maximum Gasteiger partial charge on any atom is 0.313 e. The van der Waals surface area contributed by atoms with Crippen molar-refractivity contribution in [3.63, 3.8) is 0 Å². The minimum Gasteiger partial charge on any atom is -0.334 e. The van der Waals surface area contributed by atoms with E-state index in [0.29, 0.717) is 18.8 Å². The zero-order valence-corrected chi connectivity index (χ0v) is 11.6. The number of amides is 2. The molecular formula is C14H17N3O4. The van der Waals surface area contributed by atoms with Crippen LogP contribution in [0.4, 0.5) is 11.4 Å². The second kappa shape index (κ2) is 6.83. The molecule has 7 heteroatoms. The number of hydrogen-bond donors (Lipinski definition) is 1. The molecule has 1 heterocycles. The average Bonchev–Trinajstić information content (AvgIpc) is 2.76. The minimum atomic E-state index is -0.703. The Bertz CT molecular complexity index is 534. The minimum absolute atomic E-state index is 0.0631. The highest BCUT2D eigenvalue weighted by molar-refractivity contribution is 6.39. The third kappa shape index (κ3) is 4.01. The number of nitrogens with one attached hydrogen (secondary N) is 1. The monoisotopic (exact) mass is 291 g/mol. The van der Waals surface area contributed by atoms with E-state index < -0.39 is 16.7 Å². The SMILES string of the molecule is O=C(Nc1ccc([N+](=O)[O-])cc1)C(=O)N1CCCCCC1. The number of likely N-dealkylation sites (tertiary alicyclic amines) is 1. The second-order valence-corrected chi connectivity index (χ2v) is 4.96. The Morgan fingerprint density at radius 2 is 1.62 bits per heavy atom. The molecule has 1 aliphatic heterocycles. The van der Waals surface area contributed by atoms with Gasteiger partial charge in [-0.2, -0.15) is 0 Å². The van der Waals surface area contributed by atoms with Gasteiger partial charge in [0.05, 0.1) is 4.92 Å². The molecule has 0 radical (unpaired) electrons. The molecule has 1 fully saturated rings. The first kappa shape index (κ1) is 15.0. The van der Waals surface area contributed by atoms with Crippen LogP contribution in [0.2, 0.25) is 0 Å². The lowest BCUT2D eigenvalue weighted by Crippen LogP contribution is -2.40. The Labute approximate surface area is 122 Å². The fourth-order valence-corrected chi connectivity index (χ4v) is 2.27. The van der Waals surface area contributed by atoms with Gasteiger partial charge in [0, 0.05) is 30.9 Å². The van der Waals surface area contributed by atoms with E-state index in [0.717, 1.165) is 25.7 Å². The number of benzene rings is 1. The fourth-order valence-electron chi connectivity index (χ4n) is 2.27. The molecule has 1 N–H and O–H groups in total. The highest BCUT2D eigenvalue weighted by atomic mass is 16.6. The third-order valence-electron chi connectivity index (χ3n) is 3.42. The van der Waals surface area contributed by atoms with Crippen LogP contribution in [0.15, 0.2) is 24.3 Å². The summed E-state index contributed by atoms with van der Waals surface area (Å²) in [5.74, 6) is -1.25. The average molecular weight is 291 g/mol. The molecule has 7 nitrogen and oxygen atoms in total. The van der Waals surface area contributed by atoms with Crippen molar-refractivity contribution in [3.05, 3.63) is 34.4 Å². The van der Waals surface area contributed by atoms with Gasteiger partial charge in [0.2, 0.25) is 0 Å². The Hall–Kier alpha value is -2.44. The molecule has 2 rings (SSSR count). The first-order valence-corrected chi connectivity index (χ1v) is 6.92. The van der Waals surface area contributed by atoms with Gasteiger partial charge in [0.15, 0.2) is 0 Å². The quantitative estimate of drug-likeness (QED) is 0.512. The van der Waals surface area contributed by atoms with Crippen LogP contribution in [0, 0.1) is 10.1 Å². The zero-order valence-electron chi connectivity index (χ0n) is 11.6. The lowest BCUT2D eigenvalue weighted by Gasteiger charge is -2.19. The van der Waals surface area contributed by atoms with E-state index in [1.807, 2.05) is 0 Å². The maximum atomic E-state index is 12.0. The molecule has 1 saturated heterocycles. The topological polar surface area (TPSA) is 92.5 Å². The molecule has 0 saturated carbocycles.